The molecule has 0 N–H and O–H groups in total. The third kappa shape index (κ3) is 1.54. The maximum atomic E-state index is 10.9. The fourth-order valence-electron chi connectivity index (χ4n) is 2.41. The van der Waals surface area contributed by atoms with Crippen LogP contribution in [-0.2, 0) is 0 Å². The molecule has 17 heavy (non-hydrogen) atoms. The molecule has 3 heterocycles. The molecule has 1 aliphatic rings. The van der Waals surface area contributed by atoms with E-state index in [4.69, 9.17) is 0 Å². The first-order valence-electron chi connectivity index (χ1n) is 5.05. The maximum absolute atomic E-state index is 10.9. The Morgan fingerprint density at radius 3 is 2.59 bits per heavy atom. The lowest BCUT2D eigenvalue weighted by atomic mass is 10.2. The molecule has 6 heteroatoms. The minimum absolute atomic E-state index is 0.843. The molecule has 0 radical (unpaired) electrons. The standard InChI is InChI=1S/C11H8Br2OS2Si/c1-17(2)8-7(9(12)16-10(8)13)6-3-5(4-14)15-11(6)17/h3-4H,1-2H3. The topological polar surface area (TPSA) is 17.1 Å². The summed E-state index contributed by atoms with van der Waals surface area (Å²) in [5.41, 5.74) is 2.59. The average Bonchev–Trinajstić information content (AvgIpc) is 2.83. The maximum Gasteiger partial charge on any atom is 0.160 e. The van der Waals surface area contributed by atoms with E-state index in [1.54, 1.807) is 22.7 Å². The average molecular weight is 408 g/mol. The van der Waals surface area contributed by atoms with E-state index in [9.17, 15) is 4.79 Å². The van der Waals surface area contributed by atoms with E-state index in [0.717, 1.165) is 11.2 Å². The Kier molecular flexibility index (Phi) is 2.80. The van der Waals surface area contributed by atoms with Crippen LogP contribution in [0.25, 0.3) is 11.1 Å². The quantitative estimate of drug-likeness (QED) is 0.516. The Hall–Kier alpha value is 0.247. The molecule has 88 valence electrons. The number of hydrogen-bond donors (Lipinski definition) is 0. The number of fused-ring (bicyclic) bond motifs is 3. The first-order chi connectivity index (χ1) is 7.96. The van der Waals surface area contributed by atoms with Crippen LogP contribution in [0.5, 0.6) is 0 Å². The van der Waals surface area contributed by atoms with Gasteiger partial charge in [-0.2, -0.15) is 0 Å². The normalized spacial score (nSPS) is 15.8. The largest absolute Gasteiger partial charge is 0.297 e. The molecule has 0 spiro atoms. The van der Waals surface area contributed by atoms with E-state index in [0.29, 0.717) is 0 Å². The van der Waals surface area contributed by atoms with Crippen molar-refractivity contribution in [3.63, 3.8) is 0 Å². The van der Waals surface area contributed by atoms with Crippen LogP contribution >= 0.6 is 54.5 Å². The van der Waals surface area contributed by atoms with Crippen LogP contribution in [0.1, 0.15) is 9.67 Å². The lowest BCUT2D eigenvalue weighted by Crippen LogP contribution is -2.48. The van der Waals surface area contributed by atoms with Gasteiger partial charge in [0.25, 0.3) is 0 Å². The van der Waals surface area contributed by atoms with Gasteiger partial charge in [-0.05, 0) is 48.7 Å². The Labute approximate surface area is 125 Å². The number of carbonyl (C=O) groups is 1. The highest BCUT2D eigenvalue weighted by molar-refractivity contribution is 9.12. The van der Waals surface area contributed by atoms with Gasteiger partial charge in [0.05, 0.1) is 12.4 Å². The molecular weight excluding hydrogens is 400 g/mol. The highest BCUT2D eigenvalue weighted by atomic mass is 79.9. The van der Waals surface area contributed by atoms with Gasteiger partial charge in [0.15, 0.2) is 6.29 Å². The second kappa shape index (κ2) is 3.87. The Balaban J connectivity index is 2.40. The van der Waals surface area contributed by atoms with E-state index in [1.807, 2.05) is 6.07 Å². The van der Waals surface area contributed by atoms with Crippen LogP contribution in [0.15, 0.2) is 13.6 Å². The summed E-state index contributed by atoms with van der Waals surface area (Å²) in [5, 5.41) is 1.48. The van der Waals surface area contributed by atoms with Gasteiger partial charge in [-0.1, -0.05) is 13.1 Å². The molecule has 0 fully saturated rings. The summed E-state index contributed by atoms with van der Waals surface area (Å²) in [7, 11) is -1.61. The monoisotopic (exact) mass is 406 g/mol. The minimum Gasteiger partial charge on any atom is -0.297 e. The van der Waals surface area contributed by atoms with Crippen LogP contribution in [0, 0.1) is 0 Å². The first-order valence-corrected chi connectivity index (χ1v) is 11.3. The van der Waals surface area contributed by atoms with E-state index >= 15 is 0 Å². The molecule has 3 rings (SSSR count). The van der Waals surface area contributed by atoms with Gasteiger partial charge in [0, 0.05) is 10.1 Å². The van der Waals surface area contributed by atoms with Gasteiger partial charge in [-0.15, -0.1) is 22.7 Å². The highest BCUT2D eigenvalue weighted by Crippen LogP contribution is 2.44. The van der Waals surface area contributed by atoms with Crippen LogP contribution in [0.2, 0.25) is 13.1 Å². The minimum atomic E-state index is -1.61. The summed E-state index contributed by atoms with van der Waals surface area (Å²) >= 11 is 10.7. The van der Waals surface area contributed by atoms with Crippen LogP contribution in [0.4, 0.5) is 0 Å². The number of aldehydes is 1. The number of halogens is 2. The molecular formula is C11H8Br2OS2Si. The molecule has 0 saturated heterocycles. The van der Waals surface area contributed by atoms with E-state index in [1.165, 1.54) is 28.4 Å². The van der Waals surface area contributed by atoms with Crippen molar-refractivity contribution in [1.29, 1.82) is 0 Å². The van der Waals surface area contributed by atoms with Crippen LogP contribution in [0.3, 0.4) is 0 Å². The van der Waals surface area contributed by atoms with Gasteiger partial charge < -0.3 is 0 Å². The lowest BCUT2D eigenvalue weighted by Gasteiger charge is -2.16. The van der Waals surface area contributed by atoms with Gasteiger partial charge >= 0.3 is 0 Å². The molecule has 0 atom stereocenters. The molecule has 1 aliphatic heterocycles. The van der Waals surface area contributed by atoms with Crippen LogP contribution in [-0.4, -0.2) is 14.4 Å². The molecule has 2 aromatic rings. The van der Waals surface area contributed by atoms with Crippen molar-refractivity contribution in [2.24, 2.45) is 0 Å². The predicted octanol–water partition coefficient (Wildman–Crippen LogP) is 3.95. The van der Waals surface area contributed by atoms with Crippen molar-refractivity contribution in [2.45, 2.75) is 13.1 Å². The summed E-state index contributed by atoms with van der Waals surface area (Å²) in [5.74, 6) is 0. The lowest BCUT2D eigenvalue weighted by molar-refractivity contribution is 0.112. The SMILES string of the molecule is C[Si]1(C)c2sc(C=O)cc2-c2c(Br)sc(Br)c21. The molecule has 0 unspecified atom stereocenters. The second-order valence-electron chi connectivity index (χ2n) is 4.53. The van der Waals surface area contributed by atoms with Gasteiger partial charge in [-0.25, -0.2) is 0 Å². The van der Waals surface area contributed by atoms with Crippen LogP contribution < -0.4 is 9.69 Å². The van der Waals surface area contributed by atoms with Crippen molar-refractivity contribution in [2.75, 3.05) is 0 Å². The predicted molar refractivity (Wildman–Crippen MR) is 85.2 cm³/mol. The summed E-state index contributed by atoms with van der Waals surface area (Å²) in [6.07, 6.45) is 0.961. The van der Waals surface area contributed by atoms with Crippen molar-refractivity contribution in [3.05, 3.63) is 18.5 Å². The molecule has 1 nitrogen and oxygen atoms in total. The number of carbonyl (C=O) groups excluding carboxylic acids is 1. The zero-order chi connectivity index (χ0) is 12.4. The molecule has 0 aliphatic carbocycles. The van der Waals surface area contributed by atoms with Gasteiger partial charge in [0.1, 0.15) is 8.07 Å². The third-order valence-electron chi connectivity index (χ3n) is 3.15. The second-order valence-corrected chi connectivity index (χ2v) is 13.9. The molecule has 0 saturated carbocycles. The van der Waals surface area contributed by atoms with Crippen molar-refractivity contribution in [1.82, 2.24) is 0 Å². The summed E-state index contributed by atoms with van der Waals surface area (Å²) in [4.78, 5) is 11.8. The first kappa shape index (κ1) is 12.3. The highest BCUT2D eigenvalue weighted by Gasteiger charge is 2.43. The zero-order valence-electron chi connectivity index (χ0n) is 9.14. The van der Waals surface area contributed by atoms with Crippen molar-refractivity contribution >= 4 is 78.6 Å². The Morgan fingerprint density at radius 2 is 1.94 bits per heavy atom. The molecule has 2 aromatic heterocycles. The smallest absolute Gasteiger partial charge is 0.160 e. The Bertz CT molecular complexity index is 642. The van der Waals surface area contributed by atoms with Crippen molar-refractivity contribution < 1.29 is 4.79 Å². The molecule has 0 bridgehead atoms. The third-order valence-corrected chi connectivity index (χ3v) is 12.1. The number of hydrogen-bond acceptors (Lipinski definition) is 3. The Morgan fingerprint density at radius 1 is 1.24 bits per heavy atom. The number of rotatable bonds is 1. The summed E-state index contributed by atoms with van der Waals surface area (Å²) in [6.45, 7) is 4.71. The zero-order valence-corrected chi connectivity index (χ0v) is 14.9. The van der Waals surface area contributed by atoms with Gasteiger partial charge in [0.2, 0.25) is 0 Å². The fourth-order valence-corrected chi connectivity index (χ4v) is 12.9. The summed E-state index contributed by atoms with van der Waals surface area (Å²) < 4.78 is 3.85. The number of thiophene rings is 2. The van der Waals surface area contributed by atoms with E-state index in [-0.39, 0.29) is 0 Å². The van der Waals surface area contributed by atoms with E-state index in [2.05, 4.69) is 45.0 Å². The summed E-state index contributed by atoms with van der Waals surface area (Å²) in [6, 6.07) is 2.04. The van der Waals surface area contributed by atoms with Crippen molar-refractivity contribution in [3.8, 4) is 11.1 Å². The fraction of sp³-hybridized carbons (Fsp3) is 0.182. The van der Waals surface area contributed by atoms with Gasteiger partial charge in [-0.3, -0.25) is 4.79 Å². The molecule has 0 aromatic carbocycles. The molecule has 0 amide bonds. The van der Waals surface area contributed by atoms with E-state index < -0.39 is 8.07 Å².